The molecule has 2 amide bonds. The fraction of sp³-hybridized carbons (Fsp3) is 0.588. The molecule has 0 N–H and O–H groups in total. The SMILES string of the molecule is O=C(Oc1ccc(C(F)(F)F)nc1)N1CC(N2CCCCC2=O)CC(F)(F)C1. The van der Waals surface area contributed by atoms with Gasteiger partial charge in [-0.1, -0.05) is 0 Å². The Bertz CT molecular complexity index is 739. The zero-order chi connectivity index (χ0) is 20.5. The van der Waals surface area contributed by atoms with Crippen molar-refractivity contribution in [3.05, 3.63) is 24.0 Å². The van der Waals surface area contributed by atoms with Crippen LogP contribution >= 0.6 is 0 Å². The molecule has 3 heterocycles. The lowest BCUT2D eigenvalue weighted by atomic mass is 9.98. The van der Waals surface area contributed by atoms with Crippen molar-refractivity contribution in [2.24, 2.45) is 0 Å². The summed E-state index contributed by atoms with van der Waals surface area (Å²) in [6.45, 7) is -0.669. The van der Waals surface area contributed by atoms with Crippen molar-refractivity contribution in [3.63, 3.8) is 0 Å². The van der Waals surface area contributed by atoms with E-state index in [1.807, 2.05) is 0 Å². The lowest BCUT2D eigenvalue weighted by Crippen LogP contribution is -2.59. The number of likely N-dealkylation sites (tertiary alicyclic amines) is 2. The second-order valence-corrected chi connectivity index (χ2v) is 6.88. The molecule has 0 aliphatic carbocycles. The van der Waals surface area contributed by atoms with E-state index in [4.69, 9.17) is 4.74 Å². The van der Waals surface area contributed by atoms with Gasteiger partial charge in [-0.3, -0.25) is 9.69 Å². The van der Waals surface area contributed by atoms with Crippen molar-refractivity contribution < 1.29 is 36.3 Å². The number of aromatic nitrogens is 1. The number of carbonyl (C=O) groups is 2. The predicted octanol–water partition coefficient (Wildman–Crippen LogP) is 3.32. The molecule has 1 aromatic heterocycles. The van der Waals surface area contributed by atoms with Gasteiger partial charge in [-0.05, 0) is 25.0 Å². The minimum atomic E-state index is -4.65. The van der Waals surface area contributed by atoms with Crippen molar-refractivity contribution in [3.8, 4) is 5.75 Å². The lowest BCUT2D eigenvalue weighted by Gasteiger charge is -2.43. The standard InChI is InChI=1S/C17H18F5N3O3/c18-16(19)7-11(25-6-2-1-3-14(25)26)9-24(10-16)15(27)28-12-4-5-13(23-8-12)17(20,21)22/h4-5,8,11H,1-3,6-7,9-10H2. The number of alkyl halides is 5. The Hall–Kier alpha value is -2.46. The largest absolute Gasteiger partial charge is 0.433 e. The monoisotopic (exact) mass is 407 g/mol. The fourth-order valence-corrected chi connectivity index (χ4v) is 3.41. The molecule has 2 aliphatic heterocycles. The molecule has 2 aliphatic rings. The molecule has 0 bridgehead atoms. The van der Waals surface area contributed by atoms with Gasteiger partial charge in [0.15, 0.2) is 5.75 Å². The molecule has 1 unspecified atom stereocenters. The number of piperidine rings is 2. The van der Waals surface area contributed by atoms with Gasteiger partial charge in [0.25, 0.3) is 5.92 Å². The van der Waals surface area contributed by atoms with E-state index < -0.39 is 42.9 Å². The van der Waals surface area contributed by atoms with Gasteiger partial charge in [0.05, 0.1) is 18.8 Å². The summed E-state index contributed by atoms with van der Waals surface area (Å²) in [6, 6.07) is 0.680. The number of hydrogen-bond acceptors (Lipinski definition) is 4. The Morgan fingerprint density at radius 3 is 2.61 bits per heavy atom. The first-order valence-corrected chi connectivity index (χ1v) is 8.72. The van der Waals surface area contributed by atoms with E-state index in [0.29, 0.717) is 31.6 Å². The number of rotatable bonds is 2. The average Bonchev–Trinajstić information content (AvgIpc) is 2.60. The summed E-state index contributed by atoms with van der Waals surface area (Å²) in [6.07, 6.45) is -3.94. The molecule has 6 nitrogen and oxygen atoms in total. The normalized spacial score (nSPS) is 22.9. The van der Waals surface area contributed by atoms with E-state index in [2.05, 4.69) is 4.98 Å². The topological polar surface area (TPSA) is 62.7 Å². The molecule has 1 aromatic rings. The molecule has 0 radical (unpaired) electrons. The van der Waals surface area contributed by atoms with Crippen LogP contribution < -0.4 is 4.74 Å². The quantitative estimate of drug-likeness (QED) is 0.706. The summed E-state index contributed by atoms with van der Waals surface area (Å²) < 4.78 is 70.7. The van der Waals surface area contributed by atoms with Gasteiger partial charge in [-0.25, -0.2) is 18.6 Å². The zero-order valence-electron chi connectivity index (χ0n) is 14.7. The van der Waals surface area contributed by atoms with E-state index in [1.165, 1.54) is 4.90 Å². The predicted molar refractivity (Wildman–Crippen MR) is 85.8 cm³/mol. The van der Waals surface area contributed by atoms with Crippen LogP contribution in [0.1, 0.15) is 31.4 Å². The Balaban J connectivity index is 1.69. The van der Waals surface area contributed by atoms with Crippen LogP contribution in [-0.2, 0) is 11.0 Å². The average molecular weight is 407 g/mol. The van der Waals surface area contributed by atoms with Gasteiger partial charge in [-0.15, -0.1) is 0 Å². The number of carbonyl (C=O) groups excluding carboxylic acids is 2. The van der Waals surface area contributed by atoms with Gasteiger partial charge < -0.3 is 9.64 Å². The third kappa shape index (κ3) is 4.68. The molecule has 28 heavy (non-hydrogen) atoms. The Morgan fingerprint density at radius 2 is 2.00 bits per heavy atom. The molecule has 11 heteroatoms. The van der Waals surface area contributed by atoms with Crippen LogP contribution in [0.15, 0.2) is 18.3 Å². The highest BCUT2D eigenvalue weighted by Gasteiger charge is 2.45. The molecular formula is C17H18F5N3O3. The summed E-state index contributed by atoms with van der Waals surface area (Å²) in [4.78, 5) is 29.6. The number of pyridine rings is 1. The molecule has 0 spiro atoms. The van der Waals surface area contributed by atoms with Gasteiger partial charge >= 0.3 is 12.3 Å². The van der Waals surface area contributed by atoms with Crippen molar-refractivity contribution in [1.82, 2.24) is 14.8 Å². The van der Waals surface area contributed by atoms with Gasteiger partial charge in [-0.2, -0.15) is 13.2 Å². The summed E-state index contributed by atoms with van der Waals surface area (Å²) in [7, 11) is 0. The molecule has 2 fully saturated rings. The molecule has 0 saturated carbocycles. The van der Waals surface area contributed by atoms with E-state index in [-0.39, 0.29) is 24.6 Å². The molecule has 2 saturated heterocycles. The third-order valence-electron chi connectivity index (χ3n) is 4.68. The van der Waals surface area contributed by atoms with Crippen LogP contribution in [-0.4, -0.2) is 58.4 Å². The molecule has 3 rings (SSSR count). The van der Waals surface area contributed by atoms with E-state index in [9.17, 15) is 31.5 Å². The van der Waals surface area contributed by atoms with Crippen LogP contribution in [0.2, 0.25) is 0 Å². The van der Waals surface area contributed by atoms with Crippen molar-refractivity contribution in [2.75, 3.05) is 19.6 Å². The van der Waals surface area contributed by atoms with Gasteiger partial charge in [0.1, 0.15) is 5.69 Å². The highest BCUT2D eigenvalue weighted by molar-refractivity contribution is 5.77. The van der Waals surface area contributed by atoms with Crippen LogP contribution in [0.5, 0.6) is 5.75 Å². The summed E-state index contributed by atoms with van der Waals surface area (Å²) >= 11 is 0. The van der Waals surface area contributed by atoms with Crippen LogP contribution in [0.25, 0.3) is 0 Å². The Labute approximate surface area is 157 Å². The minimum absolute atomic E-state index is 0.131. The van der Waals surface area contributed by atoms with Crippen molar-refractivity contribution >= 4 is 12.0 Å². The number of amides is 2. The summed E-state index contributed by atoms with van der Waals surface area (Å²) in [5.74, 6) is -3.73. The first-order chi connectivity index (χ1) is 13.0. The minimum Gasteiger partial charge on any atom is -0.409 e. The van der Waals surface area contributed by atoms with Crippen LogP contribution in [0.4, 0.5) is 26.7 Å². The second kappa shape index (κ2) is 7.51. The Morgan fingerprint density at radius 1 is 1.25 bits per heavy atom. The van der Waals surface area contributed by atoms with E-state index >= 15 is 0 Å². The molecular weight excluding hydrogens is 389 g/mol. The number of hydrogen-bond donors (Lipinski definition) is 0. The fourth-order valence-electron chi connectivity index (χ4n) is 3.41. The van der Waals surface area contributed by atoms with Crippen molar-refractivity contribution in [2.45, 2.75) is 43.8 Å². The van der Waals surface area contributed by atoms with Crippen LogP contribution in [0, 0.1) is 0 Å². The zero-order valence-corrected chi connectivity index (χ0v) is 14.7. The smallest absolute Gasteiger partial charge is 0.409 e. The highest BCUT2D eigenvalue weighted by atomic mass is 19.4. The lowest BCUT2D eigenvalue weighted by molar-refractivity contribution is -0.143. The molecule has 154 valence electrons. The number of nitrogens with zero attached hydrogens (tertiary/aromatic N) is 3. The number of ether oxygens (including phenoxy) is 1. The molecule has 0 aromatic carbocycles. The van der Waals surface area contributed by atoms with E-state index in [1.54, 1.807) is 0 Å². The maximum absolute atomic E-state index is 14.1. The first kappa shape index (κ1) is 20.3. The van der Waals surface area contributed by atoms with E-state index in [0.717, 1.165) is 11.0 Å². The van der Waals surface area contributed by atoms with Gasteiger partial charge in [0.2, 0.25) is 5.91 Å². The highest BCUT2D eigenvalue weighted by Crippen LogP contribution is 2.32. The first-order valence-electron chi connectivity index (χ1n) is 8.72. The molecule has 1 atom stereocenters. The third-order valence-corrected chi connectivity index (χ3v) is 4.68. The Kier molecular flexibility index (Phi) is 5.44. The van der Waals surface area contributed by atoms with Crippen LogP contribution in [0.3, 0.4) is 0 Å². The maximum atomic E-state index is 14.1. The van der Waals surface area contributed by atoms with Gasteiger partial charge in [0, 0.05) is 25.9 Å². The summed E-state index contributed by atoms with van der Waals surface area (Å²) in [5, 5.41) is 0. The van der Waals surface area contributed by atoms with Crippen molar-refractivity contribution in [1.29, 1.82) is 0 Å². The summed E-state index contributed by atoms with van der Waals surface area (Å²) in [5.41, 5.74) is -1.17. The second-order valence-electron chi connectivity index (χ2n) is 6.88. The number of halogens is 5. The maximum Gasteiger partial charge on any atom is 0.433 e.